The summed E-state index contributed by atoms with van der Waals surface area (Å²) in [7, 11) is 1.47. The summed E-state index contributed by atoms with van der Waals surface area (Å²) in [5, 5.41) is 10.2. The molecular weight excluding hydrogens is 235 g/mol. The van der Waals surface area contributed by atoms with E-state index in [1.54, 1.807) is 12.1 Å². The molecule has 0 saturated heterocycles. The van der Waals surface area contributed by atoms with Gasteiger partial charge in [-0.05, 0) is 18.2 Å². The van der Waals surface area contributed by atoms with Crippen LogP contribution in [0.4, 0.5) is 4.39 Å². The summed E-state index contributed by atoms with van der Waals surface area (Å²) < 4.78 is 24.0. The molecule has 0 aliphatic carbocycles. The van der Waals surface area contributed by atoms with Gasteiger partial charge in [0.15, 0.2) is 0 Å². The van der Waals surface area contributed by atoms with Gasteiger partial charge >= 0.3 is 0 Å². The summed E-state index contributed by atoms with van der Waals surface area (Å²) in [6.45, 7) is 1.92. The van der Waals surface area contributed by atoms with Crippen LogP contribution in [0.25, 0.3) is 0 Å². The molecule has 1 heterocycles. The maximum Gasteiger partial charge on any atom is 0.133 e. The molecule has 1 N–H and O–H groups in total. The van der Waals surface area contributed by atoms with Crippen molar-refractivity contribution in [1.29, 1.82) is 0 Å². The van der Waals surface area contributed by atoms with Crippen molar-refractivity contribution in [2.45, 2.75) is 19.4 Å². The first kappa shape index (κ1) is 12.6. The van der Waals surface area contributed by atoms with Gasteiger partial charge in [0.25, 0.3) is 0 Å². The van der Waals surface area contributed by atoms with Gasteiger partial charge in [-0.25, -0.2) is 4.39 Å². The van der Waals surface area contributed by atoms with Gasteiger partial charge in [-0.3, -0.25) is 0 Å². The maximum absolute atomic E-state index is 13.8. The molecule has 0 aliphatic rings. The summed E-state index contributed by atoms with van der Waals surface area (Å²) >= 11 is 0. The predicted molar refractivity (Wildman–Crippen MR) is 65.1 cm³/mol. The lowest BCUT2D eigenvalue weighted by Gasteiger charge is -2.12. The Bertz CT molecular complexity index is 534. The van der Waals surface area contributed by atoms with Crippen molar-refractivity contribution in [3.8, 4) is 5.75 Å². The van der Waals surface area contributed by atoms with Crippen LogP contribution in [0.5, 0.6) is 5.75 Å². The Hall–Kier alpha value is -1.81. The SMILES string of the molecule is CCc1occc1C(O)c1ccc(OC)cc1F. The number of furan rings is 1. The third-order valence-electron chi connectivity index (χ3n) is 2.90. The highest BCUT2D eigenvalue weighted by Gasteiger charge is 2.19. The van der Waals surface area contributed by atoms with Gasteiger partial charge in [0.1, 0.15) is 23.4 Å². The Morgan fingerprint density at radius 3 is 2.72 bits per heavy atom. The predicted octanol–water partition coefficient (Wildman–Crippen LogP) is 3.07. The fraction of sp³-hybridized carbons (Fsp3) is 0.286. The molecule has 0 aliphatic heterocycles. The van der Waals surface area contributed by atoms with Crippen LogP contribution >= 0.6 is 0 Å². The van der Waals surface area contributed by atoms with Crippen molar-refractivity contribution in [2.24, 2.45) is 0 Å². The Labute approximate surface area is 105 Å². The minimum absolute atomic E-state index is 0.215. The molecule has 0 amide bonds. The molecule has 1 aromatic heterocycles. The lowest BCUT2D eigenvalue weighted by atomic mass is 10.0. The van der Waals surface area contributed by atoms with Gasteiger partial charge in [0.2, 0.25) is 0 Å². The molecule has 0 bridgehead atoms. The highest BCUT2D eigenvalue weighted by Crippen LogP contribution is 2.29. The Morgan fingerprint density at radius 2 is 2.11 bits per heavy atom. The van der Waals surface area contributed by atoms with Crippen LogP contribution < -0.4 is 4.74 Å². The maximum atomic E-state index is 13.8. The highest BCUT2D eigenvalue weighted by atomic mass is 19.1. The van der Waals surface area contributed by atoms with Gasteiger partial charge < -0.3 is 14.3 Å². The van der Waals surface area contributed by atoms with E-state index in [1.807, 2.05) is 6.92 Å². The number of aryl methyl sites for hydroxylation is 1. The Kier molecular flexibility index (Phi) is 3.67. The molecule has 0 saturated carbocycles. The molecule has 0 fully saturated rings. The zero-order valence-corrected chi connectivity index (χ0v) is 10.3. The second-order valence-electron chi connectivity index (χ2n) is 3.94. The van der Waals surface area contributed by atoms with E-state index in [9.17, 15) is 9.50 Å². The lowest BCUT2D eigenvalue weighted by molar-refractivity contribution is 0.212. The standard InChI is InChI=1S/C14H15FO3/c1-3-13-11(6-7-18-13)14(16)10-5-4-9(17-2)8-12(10)15/h4-8,14,16H,3H2,1-2H3. The van der Waals surface area contributed by atoms with Crippen LogP contribution in [0, 0.1) is 5.82 Å². The first-order valence-electron chi connectivity index (χ1n) is 5.75. The van der Waals surface area contributed by atoms with Crippen molar-refractivity contribution >= 4 is 0 Å². The van der Waals surface area contributed by atoms with Crippen LogP contribution in [0.2, 0.25) is 0 Å². The third-order valence-corrected chi connectivity index (χ3v) is 2.90. The number of aliphatic hydroxyl groups excluding tert-OH is 1. The van der Waals surface area contributed by atoms with Gasteiger partial charge in [-0.15, -0.1) is 0 Å². The molecule has 1 aromatic carbocycles. The van der Waals surface area contributed by atoms with Gasteiger partial charge in [-0.1, -0.05) is 6.92 Å². The lowest BCUT2D eigenvalue weighted by Crippen LogP contribution is -2.04. The van der Waals surface area contributed by atoms with Crippen molar-refractivity contribution in [3.05, 3.63) is 53.2 Å². The van der Waals surface area contributed by atoms with Crippen molar-refractivity contribution in [2.75, 3.05) is 7.11 Å². The number of methoxy groups -OCH3 is 1. The topological polar surface area (TPSA) is 42.6 Å². The number of ether oxygens (including phenoxy) is 1. The number of benzene rings is 1. The summed E-state index contributed by atoms with van der Waals surface area (Å²) in [5.41, 5.74) is 0.813. The average molecular weight is 250 g/mol. The van der Waals surface area contributed by atoms with Gasteiger partial charge in [0.05, 0.1) is 13.4 Å². The molecule has 1 unspecified atom stereocenters. The molecular formula is C14H15FO3. The third kappa shape index (κ3) is 2.24. The highest BCUT2D eigenvalue weighted by molar-refractivity contribution is 5.36. The monoisotopic (exact) mass is 250 g/mol. The smallest absolute Gasteiger partial charge is 0.133 e. The summed E-state index contributed by atoms with van der Waals surface area (Å²) in [4.78, 5) is 0. The van der Waals surface area contributed by atoms with Crippen LogP contribution in [0.1, 0.15) is 29.9 Å². The largest absolute Gasteiger partial charge is 0.497 e. The minimum Gasteiger partial charge on any atom is -0.497 e. The van der Waals surface area contributed by atoms with E-state index < -0.39 is 11.9 Å². The molecule has 2 rings (SSSR count). The molecule has 2 aromatic rings. The van der Waals surface area contributed by atoms with Crippen LogP contribution in [-0.4, -0.2) is 12.2 Å². The van der Waals surface area contributed by atoms with Crippen molar-refractivity contribution < 1.29 is 18.7 Å². The van der Waals surface area contributed by atoms with Crippen LogP contribution in [-0.2, 0) is 6.42 Å². The number of aliphatic hydroxyl groups is 1. The normalized spacial score (nSPS) is 12.4. The summed E-state index contributed by atoms with van der Waals surface area (Å²) in [6.07, 6.45) is 1.13. The first-order chi connectivity index (χ1) is 8.67. The van der Waals surface area contributed by atoms with E-state index in [0.717, 1.165) is 0 Å². The minimum atomic E-state index is -1.02. The zero-order chi connectivity index (χ0) is 13.1. The van der Waals surface area contributed by atoms with E-state index in [0.29, 0.717) is 23.5 Å². The van der Waals surface area contributed by atoms with E-state index in [2.05, 4.69) is 0 Å². The molecule has 4 heteroatoms. The van der Waals surface area contributed by atoms with E-state index in [1.165, 1.54) is 25.5 Å². The van der Waals surface area contributed by atoms with E-state index >= 15 is 0 Å². The average Bonchev–Trinajstić information content (AvgIpc) is 2.86. The van der Waals surface area contributed by atoms with E-state index in [-0.39, 0.29) is 5.56 Å². The van der Waals surface area contributed by atoms with Gasteiger partial charge in [-0.2, -0.15) is 0 Å². The summed E-state index contributed by atoms with van der Waals surface area (Å²) in [6, 6.07) is 6.05. The van der Waals surface area contributed by atoms with Crippen molar-refractivity contribution in [3.63, 3.8) is 0 Å². The molecule has 18 heavy (non-hydrogen) atoms. The second-order valence-corrected chi connectivity index (χ2v) is 3.94. The number of rotatable bonds is 4. The van der Waals surface area contributed by atoms with E-state index in [4.69, 9.17) is 9.15 Å². The second kappa shape index (κ2) is 5.23. The quantitative estimate of drug-likeness (QED) is 0.906. The number of hydrogen-bond donors (Lipinski definition) is 1. The Balaban J connectivity index is 2.37. The van der Waals surface area contributed by atoms with Crippen molar-refractivity contribution in [1.82, 2.24) is 0 Å². The zero-order valence-electron chi connectivity index (χ0n) is 10.3. The molecule has 3 nitrogen and oxygen atoms in total. The number of halogens is 1. The van der Waals surface area contributed by atoms with Crippen LogP contribution in [0.15, 0.2) is 34.9 Å². The Morgan fingerprint density at radius 1 is 1.33 bits per heavy atom. The summed E-state index contributed by atoms with van der Waals surface area (Å²) in [5.74, 6) is 0.592. The van der Waals surface area contributed by atoms with Crippen LogP contribution in [0.3, 0.4) is 0 Å². The molecule has 1 atom stereocenters. The number of hydrogen-bond acceptors (Lipinski definition) is 3. The van der Waals surface area contributed by atoms with Gasteiger partial charge in [0, 0.05) is 23.6 Å². The fourth-order valence-corrected chi connectivity index (χ4v) is 1.91. The first-order valence-corrected chi connectivity index (χ1v) is 5.75. The molecule has 0 radical (unpaired) electrons. The molecule has 0 spiro atoms. The molecule has 96 valence electrons. The fourth-order valence-electron chi connectivity index (χ4n) is 1.91.